The van der Waals surface area contributed by atoms with Crippen LogP contribution >= 0.6 is 0 Å². The van der Waals surface area contributed by atoms with Crippen LogP contribution in [0.15, 0.2) is 59.9 Å². The number of hydrogen-bond donors (Lipinski definition) is 0. The van der Waals surface area contributed by atoms with E-state index in [1.54, 1.807) is 6.20 Å². The fraction of sp³-hybridized carbons (Fsp3) is 0.261. The Balaban J connectivity index is 1.22. The van der Waals surface area contributed by atoms with Crippen molar-refractivity contribution in [3.05, 3.63) is 70.5 Å². The Morgan fingerprint density at radius 2 is 1.59 bits per heavy atom. The summed E-state index contributed by atoms with van der Waals surface area (Å²) in [6.07, 6.45) is -0.0764. The number of anilines is 1. The van der Waals surface area contributed by atoms with Crippen molar-refractivity contribution in [1.29, 1.82) is 0 Å². The van der Waals surface area contributed by atoms with Gasteiger partial charge in [0.1, 0.15) is 17.5 Å². The second-order valence-electron chi connectivity index (χ2n) is 8.72. The molecule has 0 aliphatic carbocycles. The van der Waals surface area contributed by atoms with Crippen LogP contribution in [0.5, 0.6) is 0 Å². The van der Waals surface area contributed by atoms with Gasteiger partial charge in [-0.15, -0.1) is 0 Å². The van der Waals surface area contributed by atoms with Gasteiger partial charge in [0.2, 0.25) is 11.8 Å². The molecule has 2 bridgehead atoms. The molecule has 3 aromatic rings. The molecule has 168 valence electrons. The van der Waals surface area contributed by atoms with E-state index in [1.165, 1.54) is 24.3 Å². The van der Waals surface area contributed by atoms with Crippen LogP contribution in [-0.2, 0) is 19.2 Å². The molecule has 2 aromatic carbocycles. The predicted molar refractivity (Wildman–Crippen MR) is 116 cm³/mol. The third kappa shape index (κ3) is 2.41. The Hall–Kier alpha value is -4.25. The van der Waals surface area contributed by atoms with Crippen molar-refractivity contribution in [3.63, 3.8) is 0 Å². The fourth-order valence-corrected chi connectivity index (χ4v) is 5.63. The van der Waals surface area contributed by atoms with E-state index in [0.29, 0.717) is 22.6 Å². The van der Waals surface area contributed by atoms with Crippen LogP contribution in [0.1, 0.15) is 5.69 Å². The van der Waals surface area contributed by atoms with Crippen LogP contribution < -0.4 is 4.90 Å². The number of aromatic nitrogens is 2. The van der Waals surface area contributed by atoms with Crippen molar-refractivity contribution in [2.45, 2.75) is 18.3 Å². The average Bonchev–Trinajstić information content (AvgIpc) is 3.59. The Morgan fingerprint density at radius 1 is 0.882 bits per heavy atom. The molecule has 7 rings (SSSR count). The molecule has 11 nitrogen and oxygen atoms in total. The van der Waals surface area contributed by atoms with E-state index >= 15 is 0 Å². The highest BCUT2D eigenvalue weighted by atomic mass is 16.7. The van der Waals surface area contributed by atoms with E-state index < -0.39 is 41.0 Å². The summed E-state index contributed by atoms with van der Waals surface area (Å²) in [5.74, 6) is -2.50. The van der Waals surface area contributed by atoms with Crippen molar-refractivity contribution >= 4 is 39.9 Å². The third-order valence-electron chi connectivity index (χ3n) is 7.07. The van der Waals surface area contributed by atoms with Crippen LogP contribution in [-0.4, -0.2) is 50.7 Å². The molecule has 0 radical (unpaired) electrons. The van der Waals surface area contributed by atoms with Crippen LogP contribution in [0.3, 0.4) is 0 Å². The molecular formula is C23H15N5O6. The number of nitro benzene ring substituents is 1. The topological polar surface area (TPSA) is 137 Å². The number of oxime groups is 1. The standard InChI is InChI=1S/C23H15N5O6/c29-22-15-16(23(30)27(22)10-5-7-11(8-6-10)28(31)32)20-21-17(19(15)33-20)18(26-34-21)14-9-24-12-3-1-2-4-13(12)25-14/h1-9,15-17,19-21H/t15-,16+,17-,19-,20+,21-/m1/s1. The lowest BCUT2D eigenvalue weighted by atomic mass is 9.72. The van der Waals surface area contributed by atoms with Gasteiger partial charge in [0.25, 0.3) is 5.69 Å². The summed E-state index contributed by atoms with van der Waals surface area (Å²) in [6, 6.07) is 12.8. The van der Waals surface area contributed by atoms with E-state index in [4.69, 9.17) is 9.57 Å². The first-order chi connectivity index (χ1) is 16.5. The monoisotopic (exact) mass is 457 g/mol. The second-order valence-corrected chi connectivity index (χ2v) is 8.72. The molecule has 5 heterocycles. The number of ether oxygens (including phenoxy) is 1. The maximum absolute atomic E-state index is 13.4. The fourth-order valence-electron chi connectivity index (χ4n) is 5.63. The summed E-state index contributed by atoms with van der Waals surface area (Å²) in [5.41, 5.74) is 2.75. The van der Waals surface area contributed by atoms with E-state index in [1.807, 2.05) is 24.3 Å². The van der Waals surface area contributed by atoms with Gasteiger partial charge in [0, 0.05) is 12.1 Å². The van der Waals surface area contributed by atoms with Gasteiger partial charge < -0.3 is 9.57 Å². The molecular weight excluding hydrogens is 442 g/mol. The first-order valence-corrected chi connectivity index (χ1v) is 10.8. The Morgan fingerprint density at radius 3 is 2.32 bits per heavy atom. The number of hydrogen-bond acceptors (Lipinski definition) is 9. The lowest BCUT2D eigenvalue weighted by Gasteiger charge is -2.25. The average molecular weight is 457 g/mol. The largest absolute Gasteiger partial charge is 0.389 e. The van der Waals surface area contributed by atoms with Gasteiger partial charge in [0.05, 0.1) is 51.7 Å². The number of benzene rings is 2. The molecule has 3 fully saturated rings. The van der Waals surface area contributed by atoms with Crippen LogP contribution in [0.25, 0.3) is 11.0 Å². The van der Waals surface area contributed by atoms with Gasteiger partial charge in [-0.3, -0.25) is 24.7 Å². The highest BCUT2D eigenvalue weighted by molar-refractivity contribution is 6.23. The number of imide groups is 1. The van der Waals surface area contributed by atoms with Crippen LogP contribution in [0.4, 0.5) is 11.4 Å². The second kappa shape index (κ2) is 6.64. The number of nitro groups is 1. The summed E-state index contributed by atoms with van der Waals surface area (Å²) in [7, 11) is 0. The van der Waals surface area contributed by atoms with Gasteiger partial charge in [-0.05, 0) is 24.3 Å². The number of carbonyl (C=O) groups excluding carboxylic acids is 2. The van der Waals surface area contributed by atoms with Gasteiger partial charge in [-0.1, -0.05) is 17.3 Å². The number of carbonyl (C=O) groups is 2. The molecule has 0 spiro atoms. The summed E-state index contributed by atoms with van der Waals surface area (Å²) >= 11 is 0. The highest BCUT2D eigenvalue weighted by Gasteiger charge is 2.72. The summed E-state index contributed by atoms with van der Waals surface area (Å²) < 4.78 is 6.11. The Labute approximate surface area is 191 Å². The lowest BCUT2D eigenvalue weighted by Crippen LogP contribution is -2.45. The Kier molecular flexibility index (Phi) is 3.76. The minimum absolute atomic E-state index is 0.119. The molecule has 0 unspecified atom stereocenters. The zero-order chi connectivity index (χ0) is 23.1. The molecule has 4 aliphatic rings. The van der Waals surface area contributed by atoms with Crippen molar-refractivity contribution < 1.29 is 24.1 Å². The minimum Gasteiger partial charge on any atom is -0.389 e. The molecule has 6 atom stereocenters. The maximum Gasteiger partial charge on any atom is 0.269 e. The SMILES string of the molecule is O=C1[C@@H]2[C@@H]3O[C@@H]([C@H]4C(c5cnc6ccccc6n5)=NO[C@@H]34)[C@@H]2C(=O)N1c1ccc([N+](=O)[O-])cc1. The van der Waals surface area contributed by atoms with Crippen molar-refractivity contribution in [2.24, 2.45) is 22.9 Å². The molecule has 0 N–H and O–H groups in total. The molecule has 3 saturated heterocycles. The number of fused-ring (bicyclic) bond motifs is 9. The van der Waals surface area contributed by atoms with Crippen LogP contribution in [0, 0.1) is 27.9 Å². The molecule has 0 saturated carbocycles. The van der Waals surface area contributed by atoms with E-state index in [2.05, 4.69) is 15.1 Å². The van der Waals surface area contributed by atoms with Crippen molar-refractivity contribution in [1.82, 2.24) is 9.97 Å². The predicted octanol–water partition coefficient (Wildman–Crippen LogP) is 1.84. The number of amides is 2. The van der Waals surface area contributed by atoms with Gasteiger partial charge in [0.15, 0.2) is 6.10 Å². The zero-order valence-electron chi connectivity index (χ0n) is 17.3. The van der Waals surface area contributed by atoms with E-state index in [9.17, 15) is 19.7 Å². The lowest BCUT2D eigenvalue weighted by molar-refractivity contribution is -0.384. The van der Waals surface area contributed by atoms with E-state index in [0.717, 1.165) is 10.4 Å². The zero-order valence-corrected chi connectivity index (χ0v) is 17.3. The highest BCUT2D eigenvalue weighted by Crippen LogP contribution is 2.55. The number of nitrogens with zero attached hydrogens (tertiary/aromatic N) is 5. The molecule has 34 heavy (non-hydrogen) atoms. The van der Waals surface area contributed by atoms with E-state index in [-0.39, 0.29) is 17.5 Å². The van der Waals surface area contributed by atoms with Gasteiger partial charge in [-0.2, -0.15) is 0 Å². The summed E-state index contributed by atoms with van der Waals surface area (Å²) in [5, 5.41) is 15.2. The first kappa shape index (κ1) is 19.2. The molecule has 1 aromatic heterocycles. The van der Waals surface area contributed by atoms with Crippen LogP contribution in [0.2, 0.25) is 0 Å². The maximum atomic E-state index is 13.4. The van der Waals surface area contributed by atoms with Crippen molar-refractivity contribution in [2.75, 3.05) is 4.90 Å². The molecule has 11 heteroatoms. The van der Waals surface area contributed by atoms with Gasteiger partial charge >= 0.3 is 0 Å². The number of rotatable bonds is 3. The summed E-state index contributed by atoms with van der Waals surface area (Å²) in [6.45, 7) is 0. The number of non-ortho nitro benzene ring substituents is 1. The third-order valence-corrected chi connectivity index (χ3v) is 7.07. The minimum atomic E-state index is -0.689. The quantitative estimate of drug-likeness (QED) is 0.330. The Bertz CT molecular complexity index is 1440. The van der Waals surface area contributed by atoms with Crippen molar-refractivity contribution in [3.8, 4) is 0 Å². The normalized spacial score (nSPS) is 30.9. The molecule has 2 amide bonds. The first-order valence-electron chi connectivity index (χ1n) is 10.8. The summed E-state index contributed by atoms with van der Waals surface area (Å²) in [4.78, 5) is 53.0. The molecule has 4 aliphatic heterocycles. The number of para-hydroxylation sites is 2. The van der Waals surface area contributed by atoms with Gasteiger partial charge in [-0.25, -0.2) is 9.88 Å². The smallest absolute Gasteiger partial charge is 0.269 e.